The quantitative estimate of drug-likeness (QED) is 0.843. The number of hydrogen-bond donors (Lipinski definition) is 2. The van der Waals surface area contributed by atoms with Crippen molar-refractivity contribution in [3.8, 4) is 0 Å². The predicted octanol–water partition coefficient (Wildman–Crippen LogP) is 1.61. The van der Waals surface area contributed by atoms with Crippen LogP contribution >= 0.6 is 0 Å². The van der Waals surface area contributed by atoms with E-state index in [1.807, 2.05) is 24.8 Å². The summed E-state index contributed by atoms with van der Waals surface area (Å²) in [6.45, 7) is 4.92. The van der Waals surface area contributed by atoms with Crippen molar-refractivity contribution < 1.29 is 9.90 Å². The van der Waals surface area contributed by atoms with Crippen LogP contribution in [0.1, 0.15) is 26.1 Å². The van der Waals surface area contributed by atoms with Crippen molar-refractivity contribution >= 4 is 16.9 Å². The van der Waals surface area contributed by atoms with Gasteiger partial charge in [0.15, 0.2) is 0 Å². The first-order valence-electron chi connectivity index (χ1n) is 6.95. The summed E-state index contributed by atoms with van der Waals surface area (Å²) < 4.78 is 0. The molecule has 0 spiro atoms. The topological polar surface area (TPSA) is 86.3 Å². The van der Waals surface area contributed by atoms with E-state index in [0.717, 1.165) is 0 Å². The Bertz CT molecular complexity index is 696. The molecule has 0 saturated heterocycles. The molecule has 0 saturated carbocycles. The Balaban J connectivity index is 2.25. The van der Waals surface area contributed by atoms with Crippen LogP contribution in [0.4, 0.5) is 0 Å². The van der Waals surface area contributed by atoms with E-state index in [9.17, 15) is 9.59 Å². The average Bonchev–Trinajstić information content (AvgIpc) is 2.44. The van der Waals surface area contributed by atoms with Crippen LogP contribution < -0.4 is 5.56 Å². The smallest absolute Gasteiger partial charge is 0.304 e. The second-order valence-electron chi connectivity index (χ2n) is 5.04. The maximum absolute atomic E-state index is 12.0. The van der Waals surface area contributed by atoms with Gasteiger partial charge in [0.25, 0.3) is 5.56 Å². The fourth-order valence-corrected chi connectivity index (χ4v) is 2.36. The van der Waals surface area contributed by atoms with Gasteiger partial charge < -0.3 is 10.1 Å². The van der Waals surface area contributed by atoms with E-state index in [1.165, 1.54) is 0 Å². The summed E-state index contributed by atoms with van der Waals surface area (Å²) in [5.41, 5.74) is 0.482. The van der Waals surface area contributed by atoms with Gasteiger partial charge in [0.1, 0.15) is 5.82 Å². The van der Waals surface area contributed by atoms with E-state index in [0.29, 0.717) is 29.8 Å². The van der Waals surface area contributed by atoms with E-state index in [-0.39, 0.29) is 18.0 Å². The van der Waals surface area contributed by atoms with Crippen LogP contribution in [0.15, 0.2) is 29.1 Å². The van der Waals surface area contributed by atoms with E-state index >= 15 is 0 Å². The number of fused-ring (bicyclic) bond motifs is 1. The summed E-state index contributed by atoms with van der Waals surface area (Å²) in [7, 11) is 0. The van der Waals surface area contributed by atoms with Gasteiger partial charge in [-0.05, 0) is 25.6 Å². The Hall–Kier alpha value is -2.21. The number of nitrogens with one attached hydrogen (secondary N) is 1. The summed E-state index contributed by atoms with van der Waals surface area (Å²) >= 11 is 0. The van der Waals surface area contributed by atoms with E-state index < -0.39 is 5.97 Å². The standard InChI is InChI=1S/C15H19N3O3/c1-3-18(10(2)8-14(19)20)9-13-16-12-7-5-4-6-11(12)15(21)17-13/h4-7,10H,3,8-9H2,1-2H3,(H,19,20)(H,16,17,21). The van der Waals surface area contributed by atoms with Gasteiger partial charge >= 0.3 is 5.97 Å². The number of para-hydroxylation sites is 1. The predicted molar refractivity (Wildman–Crippen MR) is 80.2 cm³/mol. The molecule has 21 heavy (non-hydrogen) atoms. The first-order valence-corrected chi connectivity index (χ1v) is 6.95. The van der Waals surface area contributed by atoms with Crippen LogP contribution in [-0.2, 0) is 11.3 Å². The third kappa shape index (κ3) is 3.66. The van der Waals surface area contributed by atoms with Crippen molar-refractivity contribution in [3.63, 3.8) is 0 Å². The van der Waals surface area contributed by atoms with Crippen molar-refractivity contribution in [2.75, 3.05) is 6.54 Å². The molecule has 0 radical (unpaired) electrons. The van der Waals surface area contributed by atoms with Gasteiger partial charge in [-0.3, -0.25) is 14.5 Å². The highest BCUT2D eigenvalue weighted by Crippen LogP contribution is 2.10. The number of hydrogen-bond acceptors (Lipinski definition) is 4. The average molecular weight is 289 g/mol. The summed E-state index contributed by atoms with van der Waals surface area (Å²) in [5.74, 6) is -0.279. The fraction of sp³-hybridized carbons (Fsp3) is 0.400. The molecule has 0 aliphatic rings. The van der Waals surface area contributed by atoms with Gasteiger partial charge in [-0.15, -0.1) is 0 Å². The lowest BCUT2D eigenvalue weighted by atomic mass is 10.2. The molecule has 0 aliphatic carbocycles. The molecule has 0 aliphatic heterocycles. The lowest BCUT2D eigenvalue weighted by Gasteiger charge is -2.26. The summed E-state index contributed by atoms with van der Waals surface area (Å²) in [4.78, 5) is 32.0. The van der Waals surface area contributed by atoms with E-state index in [2.05, 4.69) is 9.97 Å². The summed E-state index contributed by atoms with van der Waals surface area (Å²) in [6.07, 6.45) is 0.0612. The Labute approximate surface area is 122 Å². The van der Waals surface area contributed by atoms with Crippen LogP contribution in [-0.4, -0.2) is 38.5 Å². The molecule has 1 aromatic carbocycles. The highest BCUT2D eigenvalue weighted by Gasteiger charge is 2.17. The Morgan fingerprint density at radius 3 is 2.81 bits per heavy atom. The highest BCUT2D eigenvalue weighted by atomic mass is 16.4. The molecule has 1 heterocycles. The minimum atomic E-state index is -0.832. The molecule has 6 heteroatoms. The molecule has 0 amide bonds. The monoisotopic (exact) mass is 289 g/mol. The third-order valence-electron chi connectivity index (χ3n) is 3.51. The molecule has 0 bridgehead atoms. The molecule has 2 N–H and O–H groups in total. The Morgan fingerprint density at radius 2 is 2.14 bits per heavy atom. The van der Waals surface area contributed by atoms with Gasteiger partial charge in [-0.1, -0.05) is 19.1 Å². The molecule has 2 aromatic rings. The first-order chi connectivity index (χ1) is 10.0. The zero-order chi connectivity index (χ0) is 15.4. The van der Waals surface area contributed by atoms with Crippen LogP contribution in [0.3, 0.4) is 0 Å². The van der Waals surface area contributed by atoms with Crippen molar-refractivity contribution in [3.05, 3.63) is 40.4 Å². The number of carboxylic acid groups (broad SMARTS) is 1. The van der Waals surface area contributed by atoms with Gasteiger partial charge in [-0.2, -0.15) is 0 Å². The lowest BCUT2D eigenvalue weighted by Crippen LogP contribution is -2.35. The van der Waals surface area contributed by atoms with Crippen molar-refractivity contribution in [1.82, 2.24) is 14.9 Å². The lowest BCUT2D eigenvalue weighted by molar-refractivity contribution is -0.138. The Kier molecular flexibility index (Phi) is 4.70. The van der Waals surface area contributed by atoms with E-state index in [4.69, 9.17) is 5.11 Å². The van der Waals surface area contributed by atoms with Crippen LogP contribution in [0.5, 0.6) is 0 Å². The minimum Gasteiger partial charge on any atom is -0.481 e. The second-order valence-corrected chi connectivity index (χ2v) is 5.04. The number of aromatic amines is 1. The summed E-state index contributed by atoms with van der Waals surface area (Å²) in [6, 6.07) is 7.04. The zero-order valence-corrected chi connectivity index (χ0v) is 12.2. The zero-order valence-electron chi connectivity index (χ0n) is 12.2. The molecule has 6 nitrogen and oxygen atoms in total. The van der Waals surface area contributed by atoms with Crippen LogP contribution in [0, 0.1) is 0 Å². The van der Waals surface area contributed by atoms with Gasteiger partial charge in [0.05, 0.1) is 23.9 Å². The number of carboxylic acids is 1. The number of nitrogens with zero attached hydrogens (tertiary/aromatic N) is 2. The third-order valence-corrected chi connectivity index (χ3v) is 3.51. The highest BCUT2D eigenvalue weighted by molar-refractivity contribution is 5.77. The molecule has 2 rings (SSSR count). The molecule has 0 fully saturated rings. The number of aliphatic carboxylic acids is 1. The largest absolute Gasteiger partial charge is 0.481 e. The van der Waals surface area contributed by atoms with Gasteiger partial charge in [0, 0.05) is 6.04 Å². The van der Waals surface area contributed by atoms with Crippen molar-refractivity contribution in [1.29, 1.82) is 0 Å². The second kappa shape index (κ2) is 6.49. The number of rotatable bonds is 6. The van der Waals surface area contributed by atoms with Gasteiger partial charge in [0.2, 0.25) is 0 Å². The van der Waals surface area contributed by atoms with Crippen molar-refractivity contribution in [2.24, 2.45) is 0 Å². The van der Waals surface area contributed by atoms with Crippen LogP contribution in [0.25, 0.3) is 10.9 Å². The number of benzene rings is 1. The maximum atomic E-state index is 12.0. The number of carbonyl (C=O) groups is 1. The van der Waals surface area contributed by atoms with Crippen molar-refractivity contribution in [2.45, 2.75) is 32.9 Å². The van der Waals surface area contributed by atoms with Gasteiger partial charge in [-0.25, -0.2) is 4.98 Å². The fourth-order valence-electron chi connectivity index (χ4n) is 2.36. The number of aromatic nitrogens is 2. The Morgan fingerprint density at radius 1 is 1.43 bits per heavy atom. The van der Waals surface area contributed by atoms with E-state index in [1.54, 1.807) is 18.2 Å². The molecular formula is C15H19N3O3. The number of H-pyrrole nitrogens is 1. The molecule has 112 valence electrons. The minimum absolute atomic E-state index is 0.0612. The molecule has 1 atom stereocenters. The van der Waals surface area contributed by atoms with Crippen LogP contribution in [0.2, 0.25) is 0 Å². The first kappa shape index (κ1) is 15.2. The SMILES string of the molecule is CCN(Cc1nc2ccccc2c(=O)[nH]1)C(C)CC(=O)O. The molecule has 1 unspecified atom stereocenters. The summed E-state index contributed by atoms with van der Waals surface area (Å²) in [5, 5.41) is 9.44. The maximum Gasteiger partial charge on any atom is 0.304 e. The normalized spacial score (nSPS) is 12.7. The molecular weight excluding hydrogens is 270 g/mol. The molecule has 1 aromatic heterocycles.